The molecule has 3 aromatic carbocycles. The highest BCUT2D eigenvalue weighted by Crippen LogP contribution is 2.26. The molecule has 0 saturated heterocycles. The molecular formula is C25H21NO2. The third kappa shape index (κ3) is 3.95. The van der Waals surface area contributed by atoms with Crippen LogP contribution >= 0.6 is 0 Å². The van der Waals surface area contributed by atoms with E-state index in [-0.39, 0.29) is 6.61 Å². The summed E-state index contributed by atoms with van der Waals surface area (Å²) >= 11 is 0. The standard InChI is InChI=1S/C25H21NO2/c1-18-24(15-12-20-10-8-19(9-11-20)5-4-16-27)26-25(28-18)23-14-13-21-6-2-3-7-22(21)17-23/h2-15,17,27H,16H2,1H3/b5-4+,15-12+. The maximum Gasteiger partial charge on any atom is 0.226 e. The molecule has 3 nitrogen and oxygen atoms in total. The Morgan fingerprint density at radius 3 is 2.32 bits per heavy atom. The predicted molar refractivity (Wildman–Crippen MR) is 116 cm³/mol. The molecule has 28 heavy (non-hydrogen) atoms. The topological polar surface area (TPSA) is 46.3 Å². The molecule has 1 heterocycles. The molecule has 1 N–H and O–H groups in total. The van der Waals surface area contributed by atoms with Crippen LogP contribution in [0.25, 0.3) is 40.5 Å². The van der Waals surface area contributed by atoms with Crippen LogP contribution in [-0.2, 0) is 0 Å². The highest BCUT2D eigenvalue weighted by atomic mass is 16.4. The lowest BCUT2D eigenvalue weighted by atomic mass is 10.1. The van der Waals surface area contributed by atoms with Crippen molar-refractivity contribution in [3.8, 4) is 11.5 Å². The molecule has 3 heteroatoms. The van der Waals surface area contributed by atoms with Crippen LogP contribution in [0, 0.1) is 6.92 Å². The molecule has 1 aromatic heterocycles. The SMILES string of the molecule is Cc1oc(-c2ccc3ccccc3c2)nc1/C=C/c1ccc(/C=C/CO)cc1. The van der Waals surface area contributed by atoms with Crippen LogP contribution in [0.1, 0.15) is 22.6 Å². The first-order chi connectivity index (χ1) is 13.7. The molecule has 0 saturated carbocycles. The van der Waals surface area contributed by atoms with Gasteiger partial charge in [0.05, 0.1) is 6.61 Å². The maximum absolute atomic E-state index is 8.84. The van der Waals surface area contributed by atoms with Crippen LogP contribution in [-0.4, -0.2) is 16.7 Å². The number of oxazole rings is 1. The van der Waals surface area contributed by atoms with Gasteiger partial charge in [-0.15, -0.1) is 0 Å². The molecule has 0 aliphatic heterocycles. The van der Waals surface area contributed by atoms with Crippen molar-refractivity contribution in [1.29, 1.82) is 0 Å². The number of hydrogen-bond acceptors (Lipinski definition) is 3. The van der Waals surface area contributed by atoms with E-state index in [2.05, 4.69) is 29.2 Å². The maximum atomic E-state index is 8.84. The minimum atomic E-state index is 0.0482. The molecular weight excluding hydrogens is 346 g/mol. The predicted octanol–water partition coefficient (Wildman–Crippen LogP) is 5.98. The molecule has 0 bridgehead atoms. The Hall–Kier alpha value is -3.43. The van der Waals surface area contributed by atoms with Gasteiger partial charge in [0.15, 0.2) is 0 Å². The quantitative estimate of drug-likeness (QED) is 0.472. The molecule has 0 atom stereocenters. The fourth-order valence-electron chi connectivity index (χ4n) is 3.09. The number of benzene rings is 3. The monoisotopic (exact) mass is 367 g/mol. The van der Waals surface area contributed by atoms with E-state index in [1.165, 1.54) is 10.8 Å². The molecule has 0 spiro atoms. The largest absolute Gasteiger partial charge is 0.441 e. The van der Waals surface area contributed by atoms with Crippen LogP contribution in [0.3, 0.4) is 0 Å². The number of hydrogen-bond donors (Lipinski definition) is 1. The van der Waals surface area contributed by atoms with Crippen LogP contribution in [0.4, 0.5) is 0 Å². The summed E-state index contributed by atoms with van der Waals surface area (Å²) in [6.45, 7) is 1.98. The molecule has 4 rings (SSSR count). The van der Waals surface area contributed by atoms with Crippen LogP contribution in [0.15, 0.2) is 77.2 Å². The van der Waals surface area contributed by atoms with Crippen molar-refractivity contribution in [1.82, 2.24) is 4.98 Å². The fourth-order valence-corrected chi connectivity index (χ4v) is 3.09. The van der Waals surface area contributed by atoms with Gasteiger partial charge in [-0.25, -0.2) is 4.98 Å². The van der Waals surface area contributed by atoms with Gasteiger partial charge in [-0.2, -0.15) is 0 Å². The number of rotatable bonds is 5. The normalized spacial score (nSPS) is 11.8. The first-order valence-corrected chi connectivity index (χ1v) is 9.25. The minimum Gasteiger partial charge on any atom is -0.441 e. The Labute approximate surface area is 164 Å². The van der Waals surface area contributed by atoms with Gasteiger partial charge in [-0.1, -0.05) is 72.8 Å². The van der Waals surface area contributed by atoms with Gasteiger partial charge in [0.2, 0.25) is 5.89 Å². The summed E-state index contributed by atoms with van der Waals surface area (Å²) in [5.41, 5.74) is 3.94. The zero-order valence-corrected chi connectivity index (χ0v) is 15.7. The van der Waals surface area contributed by atoms with Gasteiger partial charge in [0, 0.05) is 5.56 Å². The Morgan fingerprint density at radius 1 is 0.857 bits per heavy atom. The van der Waals surface area contributed by atoms with Gasteiger partial charge >= 0.3 is 0 Å². The third-order valence-corrected chi connectivity index (χ3v) is 4.61. The summed E-state index contributed by atoms with van der Waals surface area (Å²) in [4.78, 5) is 4.67. The van der Waals surface area contributed by atoms with E-state index in [1.54, 1.807) is 6.08 Å². The van der Waals surface area contributed by atoms with Crippen molar-refractivity contribution >= 4 is 29.0 Å². The van der Waals surface area contributed by atoms with Crippen molar-refractivity contribution < 1.29 is 9.52 Å². The first kappa shape index (κ1) is 18.0. The Bertz CT molecular complexity index is 1150. The summed E-state index contributed by atoms with van der Waals surface area (Å²) in [5, 5.41) is 11.2. The highest BCUT2D eigenvalue weighted by molar-refractivity contribution is 5.86. The molecule has 0 aliphatic carbocycles. The summed E-state index contributed by atoms with van der Waals surface area (Å²) in [6, 6.07) is 22.6. The van der Waals surface area contributed by atoms with E-state index in [9.17, 15) is 0 Å². The molecule has 0 unspecified atom stereocenters. The lowest BCUT2D eigenvalue weighted by molar-refractivity contribution is 0.343. The second kappa shape index (κ2) is 8.07. The van der Waals surface area contributed by atoms with Gasteiger partial charge in [-0.05, 0) is 47.0 Å². The molecule has 138 valence electrons. The number of aliphatic hydroxyl groups excluding tert-OH is 1. The van der Waals surface area contributed by atoms with Gasteiger partial charge in [0.1, 0.15) is 11.5 Å². The lowest BCUT2D eigenvalue weighted by Gasteiger charge is -1.99. The third-order valence-electron chi connectivity index (χ3n) is 4.61. The summed E-state index contributed by atoms with van der Waals surface area (Å²) < 4.78 is 5.91. The van der Waals surface area contributed by atoms with Crippen molar-refractivity contribution in [3.63, 3.8) is 0 Å². The number of aromatic nitrogens is 1. The zero-order chi connectivity index (χ0) is 19.3. The average Bonchev–Trinajstić information content (AvgIpc) is 3.11. The Balaban J connectivity index is 1.57. The summed E-state index contributed by atoms with van der Waals surface area (Å²) in [5.74, 6) is 1.43. The van der Waals surface area contributed by atoms with Crippen molar-refractivity contribution in [2.24, 2.45) is 0 Å². The lowest BCUT2D eigenvalue weighted by Crippen LogP contribution is -1.80. The molecule has 4 aromatic rings. The second-order valence-electron chi connectivity index (χ2n) is 6.61. The van der Waals surface area contributed by atoms with E-state index in [0.29, 0.717) is 5.89 Å². The Kier molecular flexibility index (Phi) is 5.18. The average molecular weight is 367 g/mol. The van der Waals surface area contributed by atoms with E-state index < -0.39 is 0 Å². The van der Waals surface area contributed by atoms with Crippen LogP contribution in [0.5, 0.6) is 0 Å². The van der Waals surface area contributed by atoms with E-state index >= 15 is 0 Å². The smallest absolute Gasteiger partial charge is 0.226 e. The number of aliphatic hydroxyl groups is 1. The number of fused-ring (bicyclic) bond motifs is 1. The number of nitrogens with zero attached hydrogens (tertiary/aromatic N) is 1. The fraction of sp³-hybridized carbons (Fsp3) is 0.0800. The molecule has 0 fully saturated rings. The van der Waals surface area contributed by atoms with Gasteiger partial charge in [0.25, 0.3) is 0 Å². The Morgan fingerprint density at radius 2 is 1.57 bits per heavy atom. The second-order valence-corrected chi connectivity index (χ2v) is 6.61. The molecule has 0 radical (unpaired) electrons. The van der Waals surface area contributed by atoms with Crippen molar-refractivity contribution in [2.75, 3.05) is 6.61 Å². The van der Waals surface area contributed by atoms with Crippen LogP contribution < -0.4 is 0 Å². The summed E-state index contributed by atoms with van der Waals surface area (Å²) in [6.07, 6.45) is 7.61. The highest BCUT2D eigenvalue weighted by Gasteiger charge is 2.10. The van der Waals surface area contributed by atoms with E-state index in [1.807, 2.05) is 67.6 Å². The van der Waals surface area contributed by atoms with Crippen molar-refractivity contribution in [2.45, 2.75) is 6.92 Å². The molecule has 0 amide bonds. The molecule has 0 aliphatic rings. The number of aryl methyl sites for hydroxylation is 1. The van der Waals surface area contributed by atoms with Gasteiger partial charge < -0.3 is 9.52 Å². The zero-order valence-electron chi connectivity index (χ0n) is 15.7. The van der Waals surface area contributed by atoms with Crippen LogP contribution in [0.2, 0.25) is 0 Å². The summed E-state index contributed by atoms with van der Waals surface area (Å²) in [7, 11) is 0. The first-order valence-electron chi connectivity index (χ1n) is 9.25. The van der Waals surface area contributed by atoms with E-state index in [4.69, 9.17) is 9.52 Å². The van der Waals surface area contributed by atoms with E-state index in [0.717, 1.165) is 28.1 Å². The van der Waals surface area contributed by atoms with Gasteiger partial charge in [-0.3, -0.25) is 0 Å². The van der Waals surface area contributed by atoms with Crippen molar-refractivity contribution in [3.05, 3.63) is 95.4 Å². The minimum absolute atomic E-state index is 0.0482.